The minimum atomic E-state index is 0. The quantitative estimate of drug-likeness (QED) is 0.202. The number of nitrogens with one attached hydrogen (secondary N) is 2. The first-order valence-corrected chi connectivity index (χ1v) is 11.2. The van der Waals surface area contributed by atoms with Crippen LogP contribution in [0.2, 0.25) is 0 Å². The third kappa shape index (κ3) is 9.34. The molecule has 176 valence electrons. The molecule has 2 aromatic rings. The smallest absolute Gasteiger partial charge is 0.191 e. The number of nitrogens with zero attached hydrogens (tertiary/aromatic N) is 2. The molecule has 1 heterocycles. The Morgan fingerprint density at radius 2 is 1.72 bits per heavy atom. The van der Waals surface area contributed by atoms with Crippen molar-refractivity contribution in [3.8, 4) is 5.75 Å². The molecule has 0 saturated carbocycles. The van der Waals surface area contributed by atoms with Crippen molar-refractivity contribution >= 4 is 29.9 Å². The number of hydrogen-bond donors (Lipinski definition) is 2. The van der Waals surface area contributed by atoms with E-state index in [1.54, 1.807) is 14.2 Å². The summed E-state index contributed by atoms with van der Waals surface area (Å²) in [5, 5.41) is 6.70. The first kappa shape index (κ1) is 26.4. The maximum atomic E-state index is 6.11. The monoisotopic (exact) mass is 552 g/mol. The van der Waals surface area contributed by atoms with Crippen LogP contribution in [-0.2, 0) is 17.8 Å². The molecule has 1 saturated heterocycles. The largest absolute Gasteiger partial charge is 0.497 e. The maximum Gasteiger partial charge on any atom is 0.191 e. The van der Waals surface area contributed by atoms with E-state index in [2.05, 4.69) is 63.0 Å². The zero-order valence-corrected chi connectivity index (χ0v) is 21.6. The van der Waals surface area contributed by atoms with E-state index in [4.69, 9.17) is 9.47 Å². The number of piperidine rings is 1. The topological polar surface area (TPSA) is 58.1 Å². The first-order chi connectivity index (χ1) is 15.3. The zero-order chi connectivity index (χ0) is 21.7. The molecule has 7 heteroatoms. The third-order valence-electron chi connectivity index (χ3n) is 5.59. The van der Waals surface area contributed by atoms with Crippen LogP contribution in [0.1, 0.15) is 30.4 Å². The van der Waals surface area contributed by atoms with Gasteiger partial charge in [-0.1, -0.05) is 42.5 Å². The second-order valence-corrected chi connectivity index (χ2v) is 7.89. The Balaban J connectivity index is 0.00000363. The minimum absolute atomic E-state index is 0. The lowest BCUT2D eigenvalue weighted by molar-refractivity contribution is 0.00534. The van der Waals surface area contributed by atoms with Crippen molar-refractivity contribution in [1.29, 1.82) is 0 Å². The van der Waals surface area contributed by atoms with Crippen molar-refractivity contribution in [3.63, 3.8) is 0 Å². The van der Waals surface area contributed by atoms with Crippen molar-refractivity contribution in [3.05, 3.63) is 65.7 Å². The van der Waals surface area contributed by atoms with E-state index in [0.29, 0.717) is 6.10 Å². The molecule has 0 bridgehead atoms. The minimum Gasteiger partial charge on any atom is -0.497 e. The third-order valence-corrected chi connectivity index (χ3v) is 5.59. The van der Waals surface area contributed by atoms with Gasteiger partial charge in [-0.25, -0.2) is 0 Å². The van der Waals surface area contributed by atoms with E-state index < -0.39 is 0 Å². The summed E-state index contributed by atoms with van der Waals surface area (Å²) in [6.45, 7) is 5.61. The molecule has 2 N–H and O–H groups in total. The summed E-state index contributed by atoms with van der Waals surface area (Å²) in [5.41, 5.74) is 2.58. The standard InChI is InChI=1S/C25H36N4O2.HI/c1-26-25(28-19-21-9-11-23(30-2)12-10-21)27-15-6-18-31-24-13-16-29(17-14-24)20-22-7-4-3-5-8-22;/h3-5,7-12,24H,6,13-20H2,1-2H3,(H2,26,27,28);1H. The predicted octanol–water partition coefficient (Wildman–Crippen LogP) is 4.05. The molecule has 0 amide bonds. The fraction of sp³-hybridized carbons (Fsp3) is 0.480. The number of benzene rings is 2. The van der Waals surface area contributed by atoms with E-state index in [1.165, 1.54) is 11.1 Å². The molecular weight excluding hydrogens is 515 g/mol. The van der Waals surface area contributed by atoms with Crippen LogP contribution in [0.25, 0.3) is 0 Å². The van der Waals surface area contributed by atoms with Gasteiger partial charge < -0.3 is 20.1 Å². The zero-order valence-electron chi connectivity index (χ0n) is 19.3. The summed E-state index contributed by atoms with van der Waals surface area (Å²) < 4.78 is 11.3. The average molecular weight is 553 g/mol. The summed E-state index contributed by atoms with van der Waals surface area (Å²) in [6.07, 6.45) is 3.59. The van der Waals surface area contributed by atoms with Crippen LogP contribution in [-0.4, -0.2) is 57.4 Å². The SMILES string of the molecule is CN=C(NCCCOC1CCN(Cc2ccccc2)CC1)NCc1ccc(OC)cc1.I. The Morgan fingerprint density at radius 1 is 1.00 bits per heavy atom. The lowest BCUT2D eigenvalue weighted by Crippen LogP contribution is -2.38. The van der Waals surface area contributed by atoms with E-state index >= 15 is 0 Å². The molecule has 1 aliphatic heterocycles. The molecule has 6 nitrogen and oxygen atoms in total. The van der Waals surface area contributed by atoms with Crippen LogP contribution in [0.3, 0.4) is 0 Å². The van der Waals surface area contributed by atoms with Crippen LogP contribution < -0.4 is 15.4 Å². The molecule has 1 fully saturated rings. The number of halogens is 1. The van der Waals surface area contributed by atoms with Crippen LogP contribution in [0.15, 0.2) is 59.6 Å². The highest BCUT2D eigenvalue weighted by molar-refractivity contribution is 14.0. The van der Waals surface area contributed by atoms with Crippen molar-refractivity contribution in [2.24, 2.45) is 4.99 Å². The summed E-state index contributed by atoms with van der Waals surface area (Å²) in [5.74, 6) is 1.68. The number of methoxy groups -OCH3 is 1. The Hall–Kier alpha value is -1.84. The number of hydrogen-bond acceptors (Lipinski definition) is 4. The van der Waals surface area contributed by atoms with Gasteiger partial charge in [-0.05, 0) is 42.5 Å². The first-order valence-electron chi connectivity index (χ1n) is 11.2. The molecule has 0 aliphatic carbocycles. The fourth-order valence-corrected chi connectivity index (χ4v) is 3.75. The summed E-state index contributed by atoms with van der Waals surface area (Å²) >= 11 is 0. The van der Waals surface area contributed by atoms with Crippen molar-refractivity contribution < 1.29 is 9.47 Å². The molecule has 0 unspecified atom stereocenters. The second kappa shape index (κ2) is 15.1. The van der Waals surface area contributed by atoms with Gasteiger partial charge in [-0.3, -0.25) is 9.89 Å². The van der Waals surface area contributed by atoms with Gasteiger partial charge in [0, 0.05) is 46.4 Å². The Morgan fingerprint density at radius 3 is 2.38 bits per heavy atom. The van der Waals surface area contributed by atoms with Gasteiger partial charge in [0.1, 0.15) is 5.75 Å². The highest BCUT2D eigenvalue weighted by atomic mass is 127. The Kier molecular flexibility index (Phi) is 12.4. The summed E-state index contributed by atoms with van der Waals surface area (Å²) in [4.78, 5) is 6.81. The Bertz CT molecular complexity index is 778. The Labute approximate surface area is 209 Å². The van der Waals surface area contributed by atoms with Crippen LogP contribution in [0.4, 0.5) is 0 Å². The van der Waals surface area contributed by atoms with Crippen LogP contribution >= 0.6 is 24.0 Å². The molecule has 0 radical (unpaired) electrons. The molecule has 2 aromatic carbocycles. The van der Waals surface area contributed by atoms with E-state index in [-0.39, 0.29) is 24.0 Å². The molecular formula is C25H37IN4O2. The van der Waals surface area contributed by atoms with Crippen molar-refractivity contribution in [1.82, 2.24) is 15.5 Å². The number of aliphatic imine (C=N–C) groups is 1. The molecule has 32 heavy (non-hydrogen) atoms. The summed E-state index contributed by atoms with van der Waals surface area (Å²) in [6, 6.07) is 18.8. The van der Waals surface area contributed by atoms with Gasteiger partial charge in [-0.15, -0.1) is 24.0 Å². The highest BCUT2D eigenvalue weighted by Crippen LogP contribution is 2.16. The number of guanidine groups is 1. The summed E-state index contributed by atoms with van der Waals surface area (Å²) in [7, 11) is 3.47. The van der Waals surface area contributed by atoms with Crippen LogP contribution in [0.5, 0.6) is 5.75 Å². The van der Waals surface area contributed by atoms with Gasteiger partial charge in [0.25, 0.3) is 0 Å². The van der Waals surface area contributed by atoms with Gasteiger partial charge in [0.05, 0.1) is 13.2 Å². The van der Waals surface area contributed by atoms with Crippen LogP contribution in [0, 0.1) is 0 Å². The lowest BCUT2D eigenvalue weighted by atomic mass is 10.1. The van der Waals surface area contributed by atoms with Gasteiger partial charge in [-0.2, -0.15) is 0 Å². The van der Waals surface area contributed by atoms with Gasteiger partial charge >= 0.3 is 0 Å². The van der Waals surface area contributed by atoms with Gasteiger partial charge in [0.15, 0.2) is 5.96 Å². The second-order valence-electron chi connectivity index (χ2n) is 7.89. The maximum absolute atomic E-state index is 6.11. The number of ether oxygens (including phenoxy) is 2. The predicted molar refractivity (Wildman–Crippen MR) is 142 cm³/mol. The molecule has 0 aromatic heterocycles. The van der Waals surface area contributed by atoms with E-state index in [1.807, 2.05) is 12.1 Å². The molecule has 1 aliphatic rings. The lowest BCUT2D eigenvalue weighted by Gasteiger charge is -2.32. The average Bonchev–Trinajstić information content (AvgIpc) is 2.83. The van der Waals surface area contributed by atoms with Crippen molar-refractivity contribution in [2.75, 3.05) is 40.4 Å². The highest BCUT2D eigenvalue weighted by Gasteiger charge is 2.19. The normalized spacial score (nSPS) is 15.1. The van der Waals surface area contributed by atoms with Crippen molar-refractivity contribution in [2.45, 2.75) is 38.5 Å². The van der Waals surface area contributed by atoms with E-state index in [0.717, 1.165) is 70.3 Å². The van der Waals surface area contributed by atoms with E-state index in [9.17, 15) is 0 Å². The molecule has 0 atom stereocenters. The molecule has 0 spiro atoms. The number of likely N-dealkylation sites (tertiary alicyclic amines) is 1. The van der Waals surface area contributed by atoms with Gasteiger partial charge in [0.2, 0.25) is 0 Å². The number of rotatable bonds is 10. The fourth-order valence-electron chi connectivity index (χ4n) is 3.75. The molecule has 3 rings (SSSR count).